The Morgan fingerprint density at radius 3 is 2.88 bits per heavy atom. The molecule has 5 heteroatoms. The predicted octanol–water partition coefficient (Wildman–Crippen LogP) is 3.15. The van der Waals surface area contributed by atoms with Crippen molar-refractivity contribution in [3.63, 3.8) is 0 Å². The maximum absolute atomic E-state index is 14.1. The number of esters is 1. The van der Waals surface area contributed by atoms with Gasteiger partial charge in [-0.2, -0.15) is 0 Å². The molecule has 1 aromatic carbocycles. The normalized spacial score (nSPS) is 22.9. The van der Waals surface area contributed by atoms with E-state index in [1.807, 2.05) is 26.1 Å². The lowest BCUT2D eigenvalue weighted by atomic mass is 9.91. The fraction of sp³-hybridized carbons (Fsp3) is 0.368. The number of fused-ring (bicyclic) bond motifs is 2. The number of rotatable bonds is 2. The molecule has 2 aliphatic rings. The van der Waals surface area contributed by atoms with E-state index in [-0.39, 0.29) is 11.8 Å². The summed E-state index contributed by atoms with van der Waals surface area (Å²) >= 11 is 0. The molecule has 124 valence electrons. The Bertz CT molecular complexity index is 836. The summed E-state index contributed by atoms with van der Waals surface area (Å²) in [6.45, 7) is 3.48. The second kappa shape index (κ2) is 5.38. The molecule has 2 aromatic rings. The summed E-state index contributed by atoms with van der Waals surface area (Å²) in [5.74, 6) is -0.535. The van der Waals surface area contributed by atoms with Crippen LogP contribution in [0.3, 0.4) is 0 Å². The smallest absolute Gasteiger partial charge is 0.341 e. The number of hydrogen-bond acceptors (Lipinski definition) is 4. The van der Waals surface area contributed by atoms with Crippen molar-refractivity contribution < 1.29 is 13.9 Å². The van der Waals surface area contributed by atoms with E-state index in [1.54, 1.807) is 12.3 Å². The molecule has 1 atom stereocenters. The number of pyridine rings is 1. The third-order valence-electron chi connectivity index (χ3n) is 5.06. The molecule has 0 radical (unpaired) electrons. The zero-order valence-corrected chi connectivity index (χ0v) is 13.8. The molecule has 0 saturated carbocycles. The van der Waals surface area contributed by atoms with Gasteiger partial charge in [0.05, 0.1) is 11.3 Å². The van der Waals surface area contributed by atoms with Crippen LogP contribution in [0, 0.1) is 5.82 Å². The number of aromatic nitrogens is 1. The Morgan fingerprint density at radius 2 is 2.21 bits per heavy atom. The minimum Gasteiger partial charge on any atom is -0.449 e. The highest BCUT2D eigenvalue weighted by Gasteiger charge is 2.49. The molecule has 24 heavy (non-hydrogen) atoms. The summed E-state index contributed by atoms with van der Waals surface area (Å²) in [6.07, 6.45) is 2.99. The molecule has 0 N–H and O–H groups in total. The summed E-state index contributed by atoms with van der Waals surface area (Å²) < 4.78 is 19.8. The summed E-state index contributed by atoms with van der Waals surface area (Å²) in [5.41, 5.74) is 2.89. The molecule has 1 unspecified atom stereocenters. The van der Waals surface area contributed by atoms with Gasteiger partial charge in [-0.3, -0.25) is 4.98 Å². The van der Waals surface area contributed by atoms with Crippen LogP contribution in [0.5, 0.6) is 0 Å². The third-order valence-corrected chi connectivity index (χ3v) is 5.06. The van der Waals surface area contributed by atoms with E-state index < -0.39 is 5.60 Å². The van der Waals surface area contributed by atoms with Crippen molar-refractivity contribution >= 4 is 5.97 Å². The highest BCUT2D eigenvalue weighted by atomic mass is 19.1. The summed E-state index contributed by atoms with van der Waals surface area (Å²) in [4.78, 5) is 18.7. The molecule has 1 aromatic heterocycles. The zero-order chi connectivity index (χ0) is 16.9. The Hall–Kier alpha value is -2.27. The third kappa shape index (κ3) is 2.23. The van der Waals surface area contributed by atoms with Gasteiger partial charge in [0, 0.05) is 36.8 Å². The fourth-order valence-corrected chi connectivity index (χ4v) is 3.70. The quantitative estimate of drug-likeness (QED) is 0.795. The number of carbonyl (C=O) groups excluding carboxylic acids is 1. The SMILES string of the molecule is CCc1ccc(-c2cc3c(cn2)C(=O)OC32CCN(C)C2)cc1F. The molecular weight excluding hydrogens is 307 g/mol. The first kappa shape index (κ1) is 15.3. The number of aryl methyl sites for hydroxylation is 1. The maximum Gasteiger partial charge on any atom is 0.341 e. The first-order valence-electron chi connectivity index (χ1n) is 8.23. The van der Waals surface area contributed by atoms with Gasteiger partial charge in [0.25, 0.3) is 0 Å². The van der Waals surface area contributed by atoms with Crippen molar-refractivity contribution in [3.8, 4) is 11.3 Å². The van der Waals surface area contributed by atoms with E-state index in [4.69, 9.17) is 4.74 Å². The van der Waals surface area contributed by atoms with E-state index in [2.05, 4.69) is 9.88 Å². The van der Waals surface area contributed by atoms with Gasteiger partial charge < -0.3 is 9.64 Å². The fourth-order valence-electron chi connectivity index (χ4n) is 3.70. The molecule has 4 nitrogen and oxygen atoms in total. The van der Waals surface area contributed by atoms with Gasteiger partial charge in [-0.1, -0.05) is 19.1 Å². The Labute approximate surface area is 140 Å². The number of hydrogen-bond donors (Lipinski definition) is 0. The van der Waals surface area contributed by atoms with E-state index in [0.29, 0.717) is 35.3 Å². The van der Waals surface area contributed by atoms with Gasteiger partial charge >= 0.3 is 5.97 Å². The number of benzene rings is 1. The molecule has 3 heterocycles. The van der Waals surface area contributed by atoms with Crippen molar-refractivity contribution in [2.75, 3.05) is 20.1 Å². The van der Waals surface area contributed by atoms with Crippen LogP contribution >= 0.6 is 0 Å². The Morgan fingerprint density at radius 1 is 1.38 bits per heavy atom. The summed E-state index contributed by atoms with van der Waals surface area (Å²) in [5, 5.41) is 0. The number of likely N-dealkylation sites (tertiary alicyclic amines) is 1. The highest BCUT2D eigenvalue weighted by Crippen LogP contribution is 2.43. The van der Waals surface area contributed by atoms with E-state index in [1.165, 1.54) is 6.07 Å². The predicted molar refractivity (Wildman–Crippen MR) is 88.2 cm³/mol. The van der Waals surface area contributed by atoms with Crippen molar-refractivity contribution in [2.45, 2.75) is 25.4 Å². The number of halogens is 1. The van der Waals surface area contributed by atoms with Crippen molar-refractivity contribution in [2.24, 2.45) is 0 Å². The Kier molecular flexibility index (Phi) is 3.42. The lowest BCUT2D eigenvalue weighted by Crippen LogP contribution is -2.29. The molecule has 2 aliphatic heterocycles. The minimum absolute atomic E-state index is 0.222. The molecule has 0 bridgehead atoms. The van der Waals surface area contributed by atoms with E-state index >= 15 is 0 Å². The lowest BCUT2D eigenvalue weighted by molar-refractivity contribution is -0.00223. The van der Waals surface area contributed by atoms with Gasteiger partial charge in [0.1, 0.15) is 5.82 Å². The van der Waals surface area contributed by atoms with Gasteiger partial charge in [-0.25, -0.2) is 9.18 Å². The monoisotopic (exact) mass is 326 g/mol. The lowest BCUT2D eigenvalue weighted by Gasteiger charge is -2.23. The molecule has 1 saturated heterocycles. The Balaban J connectivity index is 1.80. The molecule has 1 spiro atoms. The second-order valence-corrected chi connectivity index (χ2v) is 6.65. The van der Waals surface area contributed by atoms with E-state index in [0.717, 1.165) is 18.5 Å². The zero-order valence-electron chi connectivity index (χ0n) is 13.8. The molecule has 1 fully saturated rings. The van der Waals surface area contributed by atoms with Gasteiger partial charge in [-0.15, -0.1) is 0 Å². The largest absolute Gasteiger partial charge is 0.449 e. The highest BCUT2D eigenvalue weighted by molar-refractivity contribution is 5.95. The first-order valence-corrected chi connectivity index (χ1v) is 8.23. The first-order chi connectivity index (χ1) is 11.5. The van der Waals surface area contributed by atoms with Crippen LogP contribution in [0.2, 0.25) is 0 Å². The van der Waals surface area contributed by atoms with E-state index in [9.17, 15) is 9.18 Å². The molecule has 0 amide bonds. The van der Waals surface area contributed by atoms with Crippen molar-refractivity contribution in [1.82, 2.24) is 9.88 Å². The topological polar surface area (TPSA) is 42.4 Å². The maximum atomic E-state index is 14.1. The number of ether oxygens (including phenoxy) is 1. The van der Waals surface area contributed by atoms with Crippen LogP contribution in [0.1, 0.15) is 34.8 Å². The van der Waals surface area contributed by atoms with Crippen molar-refractivity contribution in [1.29, 1.82) is 0 Å². The van der Waals surface area contributed by atoms with Crippen LogP contribution in [-0.4, -0.2) is 36.0 Å². The number of likely N-dealkylation sites (N-methyl/N-ethyl adjacent to an activating group) is 1. The van der Waals surface area contributed by atoms with Gasteiger partial charge in [0.2, 0.25) is 0 Å². The van der Waals surface area contributed by atoms with Gasteiger partial charge in [0.15, 0.2) is 5.60 Å². The van der Waals surface area contributed by atoms with Crippen LogP contribution in [0.4, 0.5) is 4.39 Å². The minimum atomic E-state index is -0.583. The van der Waals surface area contributed by atoms with Crippen LogP contribution < -0.4 is 0 Å². The second-order valence-electron chi connectivity index (χ2n) is 6.65. The number of carbonyl (C=O) groups is 1. The van der Waals surface area contributed by atoms with Crippen LogP contribution in [0.25, 0.3) is 11.3 Å². The molecule has 0 aliphatic carbocycles. The van der Waals surface area contributed by atoms with Gasteiger partial charge in [-0.05, 0) is 31.2 Å². The summed E-state index contributed by atoms with van der Waals surface area (Å²) in [7, 11) is 2.02. The molecular formula is C19H19FN2O2. The van der Waals surface area contributed by atoms with Crippen molar-refractivity contribution in [3.05, 3.63) is 53.0 Å². The molecule has 4 rings (SSSR count). The summed E-state index contributed by atoms with van der Waals surface area (Å²) in [6, 6.07) is 7.07. The number of nitrogens with zero attached hydrogens (tertiary/aromatic N) is 2. The van der Waals surface area contributed by atoms with Crippen LogP contribution in [-0.2, 0) is 16.8 Å². The van der Waals surface area contributed by atoms with Crippen LogP contribution in [0.15, 0.2) is 30.5 Å². The standard InChI is InChI=1S/C19H19FN2O2/c1-3-12-4-5-13(8-16(12)20)17-9-15-14(10-21-17)18(23)24-19(15)6-7-22(2)11-19/h4-5,8-10H,3,6-7,11H2,1-2H3. The average Bonchev–Trinajstić information content (AvgIpc) is 3.08. The average molecular weight is 326 g/mol.